The molecule has 138 valence electrons. The molecule has 0 spiro atoms. The molecule has 0 fully saturated rings. The second kappa shape index (κ2) is 10.5. The average molecular weight is 349 g/mol. The van der Waals surface area contributed by atoms with E-state index in [2.05, 4.69) is 10.6 Å². The summed E-state index contributed by atoms with van der Waals surface area (Å²) in [5, 5.41) is 14.6. The minimum Gasteiger partial charge on any atom is -0.480 e. The van der Waals surface area contributed by atoms with Gasteiger partial charge in [0.15, 0.2) is 0 Å². The number of nitrogens with two attached hydrogens (primary N) is 1. The number of aliphatic carboxylic acids is 1. The fourth-order valence-corrected chi connectivity index (χ4v) is 2.42. The number of carbonyl (C=O) groups excluding carboxylic acids is 2. The summed E-state index contributed by atoms with van der Waals surface area (Å²) in [6.45, 7) is 4.04. The molecule has 7 nitrogen and oxygen atoms in total. The Balaban J connectivity index is 2.79. The van der Waals surface area contributed by atoms with E-state index < -0.39 is 24.0 Å². The van der Waals surface area contributed by atoms with Crippen molar-refractivity contribution in [3.8, 4) is 0 Å². The van der Waals surface area contributed by atoms with Gasteiger partial charge in [-0.2, -0.15) is 0 Å². The van der Waals surface area contributed by atoms with Gasteiger partial charge in [-0.3, -0.25) is 9.59 Å². The highest BCUT2D eigenvalue weighted by atomic mass is 16.4. The Labute approximate surface area is 148 Å². The molecule has 0 saturated heterocycles. The lowest BCUT2D eigenvalue weighted by atomic mass is 10.0. The molecule has 25 heavy (non-hydrogen) atoms. The van der Waals surface area contributed by atoms with Gasteiger partial charge >= 0.3 is 5.97 Å². The van der Waals surface area contributed by atoms with E-state index in [1.165, 1.54) is 0 Å². The first-order valence-corrected chi connectivity index (χ1v) is 8.40. The highest BCUT2D eigenvalue weighted by Gasteiger charge is 2.27. The Bertz CT molecular complexity index is 575. The predicted molar refractivity (Wildman–Crippen MR) is 94.8 cm³/mol. The topological polar surface area (TPSA) is 122 Å². The molecule has 0 heterocycles. The highest BCUT2D eigenvalue weighted by Crippen LogP contribution is 2.08. The summed E-state index contributed by atoms with van der Waals surface area (Å²) in [4.78, 5) is 35.8. The molecule has 1 aromatic carbocycles. The number of carboxylic acid groups (broad SMARTS) is 1. The summed E-state index contributed by atoms with van der Waals surface area (Å²) < 4.78 is 0. The summed E-state index contributed by atoms with van der Waals surface area (Å²) in [5.74, 6) is -1.78. The van der Waals surface area contributed by atoms with Crippen LogP contribution in [0, 0.1) is 5.92 Å². The zero-order valence-corrected chi connectivity index (χ0v) is 14.7. The van der Waals surface area contributed by atoms with Crippen LogP contribution in [0.25, 0.3) is 0 Å². The van der Waals surface area contributed by atoms with Crippen molar-refractivity contribution in [1.29, 1.82) is 0 Å². The number of hydrogen-bond donors (Lipinski definition) is 4. The lowest BCUT2D eigenvalue weighted by molar-refractivity contribution is -0.142. The first-order valence-electron chi connectivity index (χ1n) is 8.40. The maximum atomic E-state index is 12.5. The third-order valence-corrected chi connectivity index (χ3v) is 3.63. The maximum Gasteiger partial charge on any atom is 0.326 e. The van der Waals surface area contributed by atoms with Crippen LogP contribution < -0.4 is 16.4 Å². The van der Waals surface area contributed by atoms with E-state index in [1.807, 2.05) is 32.0 Å². The van der Waals surface area contributed by atoms with Crippen LogP contribution in [0.3, 0.4) is 0 Å². The lowest BCUT2D eigenvalue weighted by Crippen LogP contribution is -2.52. The first kappa shape index (κ1) is 20.6. The summed E-state index contributed by atoms with van der Waals surface area (Å²) in [6.07, 6.45) is 0.709. The van der Waals surface area contributed by atoms with E-state index in [0.717, 1.165) is 5.56 Å². The van der Waals surface area contributed by atoms with Gasteiger partial charge in [0.1, 0.15) is 12.1 Å². The van der Waals surface area contributed by atoms with Gasteiger partial charge in [-0.1, -0.05) is 44.2 Å². The van der Waals surface area contributed by atoms with Crippen LogP contribution in [-0.4, -0.2) is 41.5 Å². The number of hydrogen-bond acceptors (Lipinski definition) is 4. The van der Waals surface area contributed by atoms with Gasteiger partial charge in [0.2, 0.25) is 11.8 Å². The molecule has 7 heteroatoms. The van der Waals surface area contributed by atoms with Gasteiger partial charge in [-0.25, -0.2) is 4.79 Å². The number of carboxylic acids is 1. The molecule has 0 radical (unpaired) electrons. The molecule has 0 aliphatic rings. The van der Waals surface area contributed by atoms with Crippen LogP contribution in [0.4, 0.5) is 0 Å². The molecule has 0 aliphatic heterocycles. The Hall–Kier alpha value is -2.41. The van der Waals surface area contributed by atoms with Gasteiger partial charge in [0.05, 0.1) is 0 Å². The normalized spacial score (nSPS) is 13.1. The number of rotatable bonds is 10. The molecule has 1 rings (SSSR count). The molecule has 1 aromatic rings. The van der Waals surface area contributed by atoms with Crippen molar-refractivity contribution in [3.05, 3.63) is 35.9 Å². The average Bonchev–Trinajstić information content (AvgIpc) is 2.54. The van der Waals surface area contributed by atoms with Crippen molar-refractivity contribution in [3.63, 3.8) is 0 Å². The Kier molecular flexibility index (Phi) is 8.63. The molecule has 0 unspecified atom stereocenters. The fraction of sp³-hybridized carbons (Fsp3) is 0.500. The molecule has 5 N–H and O–H groups in total. The molecule has 0 bridgehead atoms. The van der Waals surface area contributed by atoms with Gasteiger partial charge < -0.3 is 21.5 Å². The third-order valence-electron chi connectivity index (χ3n) is 3.63. The van der Waals surface area contributed by atoms with Crippen LogP contribution >= 0.6 is 0 Å². The van der Waals surface area contributed by atoms with E-state index in [-0.39, 0.29) is 31.2 Å². The molecule has 2 atom stereocenters. The largest absolute Gasteiger partial charge is 0.480 e. The molecule has 0 aliphatic carbocycles. The highest BCUT2D eigenvalue weighted by molar-refractivity contribution is 5.90. The molecule has 0 aromatic heterocycles. The van der Waals surface area contributed by atoms with Crippen LogP contribution in [0.5, 0.6) is 0 Å². The SMILES string of the molecule is CC(C)C[C@H](NC(=O)CCN)C(=O)N[C@@H](Cc1ccccc1)C(=O)O. The van der Waals surface area contributed by atoms with Crippen LogP contribution in [-0.2, 0) is 20.8 Å². The van der Waals surface area contributed by atoms with E-state index in [4.69, 9.17) is 5.73 Å². The number of nitrogens with one attached hydrogen (secondary N) is 2. The molecule has 0 saturated carbocycles. The summed E-state index contributed by atoms with van der Waals surface area (Å²) in [6, 6.07) is 7.22. The van der Waals surface area contributed by atoms with Gasteiger partial charge in [-0.15, -0.1) is 0 Å². The van der Waals surface area contributed by atoms with E-state index >= 15 is 0 Å². The number of benzene rings is 1. The summed E-state index contributed by atoms with van der Waals surface area (Å²) in [7, 11) is 0. The lowest BCUT2D eigenvalue weighted by Gasteiger charge is -2.23. The smallest absolute Gasteiger partial charge is 0.326 e. The van der Waals surface area contributed by atoms with E-state index in [1.54, 1.807) is 12.1 Å². The Morgan fingerprint density at radius 1 is 1.08 bits per heavy atom. The van der Waals surface area contributed by atoms with Gasteiger partial charge in [0.25, 0.3) is 0 Å². The Morgan fingerprint density at radius 3 is 2.24 bits per heavy atom. The van der Waals surface area contributed by atoms with Crippen molar-refractivity contribution in [2.45, 2.75) is 45.2 Å². The maximum absolute atomic E-state index is 12.5. The summed E-state index contributed by atoms with van der Waals surface area (Å²) >= 11 is 0. The second-order valence-corrected chi connectivity index (χ2v) is 6.38. The Morgan fingerprint density at radius 2 is 1.72 bits per heavy atom. The fourth-order valence-electron chi connectivity index (χ4n) is 2.42. The van der Waals surface area contributed by atoms with Crippen LogP contribution in [0.15, 0.2) is 30.3 Å². The molecular formula is C18H27N3O4. The van der Waals surface area contributed by atoms with Crippen molar-refractivity contribution in [2.24, 2.45) is 11.7 Å². The van der Waals surface area contributed by atoms with Crippen molar-refractivity contribution in [1.82, 2.24) is 10.6 Å². The van der Waals surface area contributed by atoms with Crippen LogP contribution in [0.2, 0.25) is 0 Å². The second-order valence-electron chi connectivity index (χ2n) is 6.38. The zero-order chi connectivity index (χ0) is 18.8. The van der Waals surface area contributed by atoms with Gasteiger partial charge in [0, 0.05) is 19.4 Å². The molecule has 2 amide bonds. The number of carbonyl (C=O) groups is 3. The zero-order valence-electron chi connectivity index (χ0n) is 14.7. The van der Waals surface area contributed by atoms with Crippen molar-refractivity contribution >= 4 is 17.8 Å². The van der Waals surface area contributed by atoms with Crippen molar-refractivity contribution < 1.29 is 19.5 Å². The predicted octanol–water partition coefficient (Wildman–Crippen LogP) is 0.678. The third kappa shape index (κ3) is 7.80. The first-order chi connectivity index (χ1) is 11.8. The number of amides is 2. The standard InChI is InChI=1S/C18H27N3O4/c1-12(2)10-14(20-16(22)8-9-19)17(23)21-15(18(24)25)11-13-6-4-3-5-7-13/h3-7,12,14-15H,8-11,19H2,1-2H3,(H,20,22)(H,21,23)(H,24,25)/t14-,15-/m0/s1. The van der Waals surface area contributed by atoms with Crippen LogP contribution in [0.1, 0.15) is 32.3 Å². The van der Waals surface area contributed by atoms with E-state index in [9.17, 15) is 19.5 Å². The quantitative estimate of drug-likeness (QED) is 0.495. The summed E-state index contributed by atoms with van der Waals surface area (Å²) in [5.41, 5.74) is 6.16. The minimum atomic E-state index is -1.12. The molecular weight excluding hydrogens is 322 g/mol. The van der Waals surface area contributed by atoms with E-state index in [0.29, 0.717) is 6.42 Å². The minimum absolute atomic E-state index is 0.119. The van der Waals surface area contributed by atoms with Crippen molar-refractivity contribution in [2.75, 3.05) is 6.54 Å². The van der Waals surface area contributed by atoms with Gasteiger partial charge in [-0.05, 0) is 17.9 Å². The monoisotopic (exact) mass is 349 g/mol.